The van der Waals surface area contributed by atoms with Gasteiger partial charge >= 0.3 is 0 Å². The van der Waals surface area contributed by atoms with Gasteiger partial charge in [0.15, 0.2) is 0 Å². The number of fused-ring (bicyclic) bond motifs is 3. The zero-order valence-electron chi connectivity index (χ0n) is 14.7. The molecule has 1 aromatic rings. The van der Waals surface area contributed by atoms with Gasteiger partial charge in [0.1, 0.15) is 17.6 Å². The number of anilines is 1. The van der Waals surface area contributed by atoms with Crippen LogP contribution < -0.4 is 9.46 Å². The summed E-state index contributed by atoms with van der Waals surface area (Å²) in [6, 6.07) is 3.64. The minimum Gasteiger partial charge on any atom is -0.489 e. The highest BCUT2D eigenvalue weighted by atomic mass is 32.2. The molecule has 0 bridgehead atoms. The lowest BCUT2D eigenvalue weighted by Crippen LogP contribution is -2.38. The Kier molecular flexibility index (Phi) is 4.14. The van der Waals surface area contributed by atoms with Crippen LogP contribution in [0.1, 0.15) is 57.1 Å². The molecule has 1 aliphatic carbocycles. The number of rotatable bonds is 4. The number of benzene rings is 1. The molecule has 2 atom stereocenters. The van der Waals surface area contributed by atoms with Crippen LogP contribution in [0.25, 0.3) is 0 Å². The lowest BCUT2D eigenvalue weighted by atomic mass is 9.69. The summed E-state index contributed by atoms with van der Waals surface area (Å²) in [6.45, 7) is 7.85. The Morgan fingerprint density at radius 3 is 2.71 bits per heavy atom. The van der Waals surface area contributed by atoms with E-state index >= 15 is 0 Å². The second-order valence-corrected chi connectivity index (χ2v) is 9.61. The van der Waals surface area contributed by atoms with Crippen LogP contribution in [-0.2, 0) is 14.8 Å². The normalized spacial score (nSPS) is 24.9. The fraction of sp³-hybridized carbons (Fsp3) is 0.611. The molecule has 0 unspecified atom stereocenters. The Balaban J connectivity index is 1.95. The van der Waals surface area contributed by atoms with Crippen molar-refractivity contribution in [3.05, 3.63) is 23.3 Å². The molecule has 0 saturated heterocycles. The third-order valence-corrected chi connectivity index (χ3v) is 6.31. The monoisotopic (exact) mass is 351 g/mol. The molecule has 132 valence electrons. The van der Waals surface area contributed by atoms with Crippen molar-refractivity contribution in [2.75, 3.05) is 10.5 Å². The molecule has 1 fully saturated rings. The molecule has 1 aromatic carbocycles. The molecule has 0 amide bonds. The predicted octanol–water partition coefficient (Wildman–Crippen LogP) is 3.38. The van der Waals surface area contributed by atoms with E-state index in [-0.39, 0.29) is 29.0 Å². The van der Waals surface area contributed by atoms with E-state index in [2.05, 4.69) is 18.6 Å². The number of aryl methyl sites for hydroxylation is 1. The molecule has 1 heterocycles. The van der Waals surface area contributed by atoms with Gasteiger partial charge in [0.2, 0.25) is 10.0 Å². The number of Topliss-reactive ketones (excluding diaryl/α,β-unsaturated/α-hetero) is 1. The van der Waals surface area contributed by atoms with Crippen LogP contribution in [0.5, 0.6) is 5.75 Å². The highest BCUT2D eigenvalue weighted by Gasteiger charge is 2.47. The molecule has 24 heavy (non-hydrogen) atoms. The van der Waals surface area contributed by atoms with E-state index in [1.807, 2.05) is 19.9 Å². The van der Waals surface area contributed by atoms with Gasteiger partial charge in [0.05, 0.1) is 17.4 Å². The van der Waals surface area contributed by atoms with Crippen molar-refractivity contribution in [3.8, 4) is 5.75 Å². The van der Waals surface area contributed by atoms with Crippen LogP contribution >= 0.6 is 0 Å². The summed E-state index contributed by atoms with van der Waals surface area (Å²) in [5.74, 6) is 0.704. The molecule has 0 aromatic heterocycles. The maximum atomic E-state index is 12.6. The zero-order chi connectivity index (χ0) is 17.7. The van der Waals surface area contributed by atoms with Crippen molar-refractivity contribution in [1.82, 2.24) is 0 Å². The summed E-state index contributed by atoms with van der Waals surface area (Å²) < 4.78 is 32.8. The van der Waals surface area contributed by atoms with Gasteiger partial charge in [-0.15, -0.1) is 0 Å². The summed E-state index contributed by atoms with van der Waals surface area (Å²) in [5.41, 5.74) is 2.11. The first-order chi connectivity index (χ1) is 11.1. The number of nitrogens with one attached hydrogen (secondary N) is 1. The van der Waals surface area contributed by atoms with Crippen LogP contribution in [0.2, 0.25) is 0 Å². The number of carbonyl (C=O) groups excluding carboxylic acids is 1. The van der Waals surface area contributed by atoms with E-state index in [1.54, 1.807) is 6.07 Å². The van der Waals surface area contributed by atoms with E-state index in [9.17, 15) is 13.2 Å². The van der Waals surface area contributed by atoms with Crippen LogP contribution in [0.15, 0.2) is 12.1 Å². The van der Waals surface area contributed by atoms with E-state index < -0.39 is 10.0 Å². The number of sulfonamides is 1. The number of carbonyl (C=O) groups is 1. The Labute approximate surface area is 143 Å². The Bertz CT molecular complexity index is 782. The highest BCUT2D eigenvalue weighted by Crippen LogP contribution is 2.50. The maximum Gasteiger partial charge on any atom is 0.232 e. The van der Waals surface area contributed by atoms with E-state index in [1.165, 1.54) is 0 Å². The van der Waals surface area contributed by atoms with Gasteiger partial charge in [-0.1, -0.05) is 20.8 Å². The summed E-state index contributed by atoms with van der Waals surface area (Å²) in [5, 5.41) is 0. The molecule has 0 radical (unpaired) electrons. The topological polar surface area (TPSA) is 72.5 Å². The van der Waals surface area contributed by atoms with Gasteiger partial charge in [0.25, 0.3) is 0 Å². The van der Waals surface area contributed by atoms with E-state index in [0.29, 0.717) is 24.3 Å². The van der Waals surface area contributed by atoms with E-state index in [4.69, 9.17) is 4.74 Å². The second-order valence-electron chi connectivity index (χ2n) is 7.77. The molecular weight excluding hydrogens is 326 g/mol. The molecule has 1 N–H and O–H groups in total. The highest BCUT2D eigenvalue weighted by molar-refractivity contribution is 7.92. The standard InChI is InChI=1S/C18H25NO4S/c1-5-6-24(21,22)19-13-8-12-15(7-11(13)2)23-16-10-18(3,4)9-14(20)17(12)16/h7-8,16-17,19H,5-6,9-10H2,1-4H3/t16-,17-/m0/s1. The summed E-state index contributed by atoms with van der Waals surface area (Å²) >= 11 is 0. The molecular formula is C18H25NO4S. The first-order valence-electron chi connectivity index (χ1n) is 8.46. The Morgan fingerprint density at radius 2 is 2.04 bits per heavy atom. The second kappa shape index (κ2) is 5.76. The third-order valence-electron chi connectivity index (χ3n) is 4.83. The van der Waals surface area contributed by atoms with Gasteiger partial charge in [-0.3, -0.25) is 9.52 Å². The number of hydrogen-bond acceptors (Lipinski definition) is 4. The predicted molar refractivity (Wildman–Crippen MR) is 94.1 cm³/mol. The number of hydrogen-bond donors (Lipinski definition) is 1. The largest absolute Gasteiger partial charge is 0.489 e. The van der Waals surface area contributed by atoms with Crippen molar-refractivity contribution >= 4 is 21.5 Å². The molecule has 3 rings (SSSR count). The summed E-state index contributed by atoms with van der Waals surface area (Å²) in [4.78, 5) is 12.6. The number of ketones is 1. The van der Waals surface area contributed by atoms with Gasteiger partial charge in [-0.2, -0.15) is 0 Å². The Hall–Kier alpha value is -1.56. The molecule has 6 heteroatoms. The van der Waals surface area contributed by atoms with Crippen molar-refractivity contribution in [2.24, 2.45) is 5.41 Å². The fourth-order valence-corrected chi connectivity index (χ4v) is 5.01. The Morgan fingerprint density at radius 1 is 1.33 bits per heavy atom. The number of ether oxygens (including phenoxy) is 1. The molecule has 1 aliphatic heterocycles. The SMILES string of the molecule is CCCS(=O)(=O)Nc1cc2c(cc1C)O[C@H]1CC(C)(C)CC(=O)[C@H]21. The van der Waals surface area contributed by atoms with Crippen molar-refractivity contribution in [3.63, 3.8) is 0 Å². The average molecular weight is 351 g/mol. The summed E-state index contributed by atoms with van der Waals surface area (Å²) in [7, 11) is -3.36. The quantitative estimate of drug-likeness (QED) is 0.902. The van der Waals surface area contributed by atoms with Crippen molar-refractivity contribution in [2.45, 2.75) is 59.0 Å². The van der Waals surface area contributed by atoms with E-state index in [0.717, 1.165) is 17.5 Å². The van der Waals surface area contributed by atoms with Gasteiger partial charge in [0, 0.05) is 12.0 Å². The molecule has 1 saturated carbocycles. The van der Waals surface area contributed by atoms with Gasteiger partial charge in [-0.05, 0) is 42.9 Å². The van der Waals surface area contributed by atoms with Crippen LogP contribution in [0.4, 0.5) is 5.69 Å². The van der Waals surface area contributed by atoms with Gasteiger partial charge < -0.3 is 4.74 Å². The smallest absolute Gasteiger partial charge is 0.232 e. The van der Waals surface area contributed by atoms with Crippen LogP contribution in [0.3, 0.4) is 0 Å². The lowest BCUT2D eigenvalue weighted by molar-refractivity contribution is -0.127. The average Bonchev–Trinajstić information content (AvgIpc) is 2.74. The minimum atomic E-state index is -3.36. The summed E-state index contributed by atoms with van der Waals surface area (Å²) in [6.07, 6.45) is 1.77. The molecule has 5 nitrogen and oxygen atoms in total. The van der Waals surface area contributed by atoms with Crippen molar-refractivity contribution < 1.29 is 17.9 Å². The first kappa shape index (κ1) is 17.3. The van der Waals surface area contributed by atoms with Crippen LogP contribution in [0, 0.1) is 12.3 Å². The van der Waals surface area contributed by atoms with Gasteiger partial charge in [-0.25, -0.2) is 8.42 Å². The minimum absolute atomic E-state index is 0.0547. The maximum absolute atomic E-state index is 12.6. The lowest BCUT2D eigenvalue weighted by Gasteiger charge is -2.35. The molecule has 0 spiro atoms. The fourth-order valence-electron chi connectivity index (χ4n) is 3.81. The first-order valence-corrected chi connectivity index (χ1v) is 10.1. The third kappa shape index (κ3) is 3.16. The van der Waals surface area contributed by atoms with Crippen LogP contribution in [-0.4, -0.2) is 26.1 Å². The zero-order valence-corrected chi connectivity index (χ0v) is 15.5. The molecule has 2 aliphatic rings. The van der Waals surface area contributed by atoms with Crippen molar-refractivity contribution in [1.29, 1.82) is 0 Å².